The Morgan fingerprint density at radius 2 is 1.82 bits per heavy atom. The third kappa shape index (κ3) is 6.64. The molecule has 0 aliphatic rings. The summed E-state index contributed by atoms with van der Waals surface area (Å²) in [7, 11) is 1.70. The molecule has 0 aromatic carbocycles. The molecule has 0 bridgehead atoms. The van der Waals surface area contributed by atoms with Crippen molar-refractivity contribution >= 4 is 5.91 Å². The summed E-state index contributed by atoms with van der Waals surface area (Å²) in [6.45, 7) is 6.21. The van der Waals surface area contributed by atoms with Crippen molar-refractivity contribution in [2.45, 2.75) is 65.1 Å². The summed E-state index contributed by atoms with van der Waals surface area (Å²) in [6.07, 6.45) is 3.57. The Bertz CT molecular complexity index is 206. The summed E-state index contributed by atoms with van der Waals surface area (Å²) in [6, 6.07) is 0.258. The summed E-state index contributed by atoms with van der Waals surface area (Å²) in [5.74, 6) is -0.0158. The fourth-order valence-corrected chi connectivity index (χ4v) is 1.90. The zero-order valence-electron chi connectivity index (χ0n) is 11.6. The first-order valence-corrected chi connectivity index (χ1v) is 6.74. The number of nitrogens with one attached hydrogen (secondary N) is 2. The first-order chi connectivity index (χ1) is 8.08. The Morgan fingerprint density at radius 1 is 1.24 bits per heavy atom. The van der Waals surface area contributed by atoms with Crippen LogP contribution in [0.3, 0.4) is 0 Å². The van der Waals surface area contributed by atoms with Crippen LogP contribution in [0, 0.1) is 5.92 Å². The van der Waals surface area contributed by atoms with Crippen molar-refractivity contribution in [3.05, 3.63) is 0 Å². The molecule has 0 heterocycles. The molecule has 0 aliphatic heterocycles. The first kappa shape index (κ1) is 16.4. The largest absolute Gasteiger partial charge is 0.379 e. The minimum Gasteiger partial charge on any atom is -0.379 e. The molecule has 0 fully saturated rings. The zero-order valence-corrected chi connectivity index (χ0v) is 11.6. The van der Waals surface area contributed by atoms with E-state index in [1.165, 1.54) is 0 Å². The van der Waals surface area contributed by atoms with E-state index in [4.69, 9.17) is 0 Å². The highest BCUT2D eigenvalue weighted by atomic mass is 16.3. The lowest BCUT2D eigenvalue weighted by atomic mass is 9.97. The van der Waals surface area contributed by atoms with Crippen LogP contribution in [0.15, 0.2) is 0 Å². The summed E-state index contributed by atoms with van der Waals surface area (Å²) in [4.78, 5) is 12.1. The number of carbonyl (C=O) groups excluding carboxylic acids is 1. The van der Waals surface area contributed by atoms with Crippen molar-refractivity contribution in [3.63, 3.8) is 0 Å². The molecule has 0 aromatic heterocycles. The van der Waals surface area contributed by atoms with Crippen LogP contribution in [-0.4, -0.2) is 30.3 Å². The second-order valence-corrected chi connectivity index (χ2v) is 4.55. The van der Waals surface area contributed by atoms with Gasteiger partial charge >= 0.3 is 0 Å². The number of aliphatic hydroxyl groups excluding tert-OH is 1. The van der Waals surface area contributed by atoms with Gasteiger partial charge in [-0.05, 0) is 32.7 Å². The van der Waals surface area contributed by atoms with Gasteiger partial charge in [0.2, 0.25) is 5.91 Å². The van der Waals surface area contributed by atoms with Gasteiger partial charge in [0.15, 0.2) is 0 Å². The predicted octanol–water partition coefficient (Wildman–Crippen LogP) is 1.64. The molecule has 102 valence electrons. The average molecular weight is 244 g/mol. The van der Waals surface area contributed by atoms with Crippen molar-refractivity contribution < 1.29 is 9.90 Å². The van der Waals surface area contributed by atoms with Crippen LogP contribution in [0.5, 0.6) is 0 Å². The van der Waals surface area contributed by atoms with Crippen LogP contribution < -0.4 is 10.6 Å². The summed E-state index contributed by atoms with van der Waals surface area (Å²) < 4.78 is 0. The molecular formula is C13H28N2O2. The molecule has 2 atom stereocenters. The van der Waals surface area contributed by atoms with Crippen LogP contribution in [0.1, 0.15) is 52.9 Å². The molecule has 4 nitrogen and oxygen atoms in total. The van der Waals surface area contributed by atoms with Gasteiger partial charge in [0.1, 0.15) is 6.23 Å². The van der Waals surface area contributed by atoms with Crippen molar-refractivity contribution in [1.29, 1.82) is 0 Å². The minimum absolute atomic E-state index is 0.0786. The Kier molecular flexibility index (Phi) is 9.09. The van der Waals surface area contributed by atoms with Gasteiger partial charge in [-0.25, -0.2) is 0 Å². The fourth-order valence-electron chi connectivity index (χ4n) is 1.90. The lowest BCUT2D eigenvalue weighted by Gasteiger charge is -2.22. The highest BCUT2D eigenvalue weighted by Gasteiger charge is 2.22. The third-order valence-electron chi connectivity index (χ3n) is 3.18. The van der Waals surface area contributed by atoms with Crippen molar-refractivity contribution in [2.24, 2.45) is 5.92 Å². The summed E-state index contributed by atoms with van der Waals surface area (Å²) >= 11 is 0. The third-order valence-corrected chi connectivity index (χ3v) is 3.18. The smallest absolute Gasteiger partial charge is 0.223 e. The van der Waals surface area contributed by atoms with E-state index in [0.29, 0.717) is 6.42 Å². The van der Waals surface area contributed by atoms with Gasteiger partial charge in [-0.15, -0.1) is 0 Å². The van der Waals surface area contributed by atoms with Gasteiger partial charge in [-0.2, -0.15) is 0 Å². The molecular weight excluding hydrogens is 216 g/mol. The molecule has 0 rings (SSSR count). The monoisotopic (exact) mass is 244 g/mol. The van der Waals surface area contributed by atoms with Crippen molar-refractivity contribution in [1.82, 2.24) is 10.6 Å². The van der Waals surface area contributed by atoms with Gasteiger partial charge in [0, 0.05) is 12.0 Å². The molecule has 3 N–H and O–H groups in total. The van der Waals surface area contributed by atoms with E-state index in [9.17, 15) is 9.90 Å². The highest BCUT2D eigenvalue weighted by Crippen LogP contribution is 2.14. The van der Waals surface area contributed by atoms with Gasteiger partial charge in [-0.3, -0.25) is 10.1 Å². The summed E-state index contributed by atoms with van der Waals surface area (Å²) in [5, 5.41) is 15.4. The van der Waals surface area contributed by atoms with Crippen LogP contribution in [-0.2, 0) is 4.79 Å². The molecule has 2 unspecified atom stereocenters. The molecule has 0 saturated carbocycles. The van der Waals surface area contributed by atoms with Crippen molar-refractivity contribution in [3.8, 4) is 0 Å². The lowest BCUT2D eigenvalue weighted by Crippen LogP contribution is -2.40. The van der Waals surface area contributed by atoms with E-state index >= 15 is 0 Å². The zero-order chi connectivity index (χ0) is 13.3. The van der Waals surface area contributed by atoms with Gasteiger partial charge < -0.3 is 10.4 Å². The maximum atomic E-state index is 12.1. The molecule has 17 heavy (non-hydrogen) atoms. The second kappa shape index (κ2) is 9.42. The average Bonchev–Trinajstić information content (AvgIpc) is 2.34. The molecule has 0 saturated heterocycles. The number of aliphatic hydroxyl groups is 1. The van der Waals surface area contributed by atoms with Gasteiger partial charge in [-0.1, -0.05) is 27.2 Å². The quantitative estimate of drug-likeness (QED) is 0.540. The highest BCUT2D eigenvalue weighted by molar-refractivity contribution is 5.78. The SMILES string of the molecule is CCCC(CC(O)NC)C(=O)NC(CC)CC. The van der Waals surface area contributed by atoms with E-state index in [1.807, 2.05) is 0 Å². The van der Waals surface area contributed by atoms with Crippen LogP contribution >= 0.6 is 0 Å². The standard InChI is InChI=1S/C13H28N2O2/c1-5-8-10(9-12(16)14-4)13(17)15-11(6-2)7-3/h10-12,14,16H,5-9H2,1-4H3,(H,15,17). The van der Waals surface area contributed by atoms with Crippen LogP contribution in [0.4, 0.5) is 0 Å². The number of amides is 1. The Hall–Kier alpha value is -0.610. The molecule has 0 aromatic rings. The van der Waals surface area contributed by atoms with Gasteiger partial charge in [0.25, 0.3) is 0 Å². The molecule has 0 radical (unpaired) electrons. The Labute approximate surface area is 105 Å². The van der Waals surface area contributed by atoms with E-state index in [1.54, 1.807) is 7.05 Å². The fraction of sp³-hybridized carbons (Fsp3) is 0.923. The van der Waals surface area contributed by atoms with Crippen LogP contribution in [0.2, 0.25) is 0 Å². The van der Waals surface area contributed by atoms with Crippen LogP contribution in [0.25, 0.3) is 0 Å². The Balaban J connectivity index is 4.32. The maximum absolute atomic E-state index is 12.1. The topological polar surface area (TPSA) is 61.4 Å². The predicted molar refractivity (Wildman–Crippen MR) is 70.6 cm³/mol. The van der Waals surface area contributed by atoms with E-state index in [-0.39, 0.29) is 17.9 Å². The number of carbonyl (C=O) groups is 1. The molecule has 0 aliphatic carbocycles. The number of hydrogen-bond acceptors (Lipinski definition) is 3. The minimum atomic E-state index is -0.598. The number of hydrogen-bond donors (Lipinski definition) is 3. The van der Waals surface area contributed by atoms with E-state index < -0.39 is 6.23 Å². The van der Waals surface area contributed by atoms with Crippen molar-refractivity contribution in [2.75, 3.05) is 7.05 Å². The first-order valence-electron chi connectivity index (χ1n) is 6.74. The van der Waals surface area contributed by atoms with E-state index in [0.717, 1.165) is 25.7 Å². The molecule has 0 spiro atoms. The number of rotatable bonds is 9. The molecule has 1 amide bonds. The Morgan fingerprint density at radius 3 is 2.24 bits per heavy atom. The van der Waals surface area contributed by atoms with Gasteiger partial charge in [0.05, 0.1) is 0 Å². The summed E-state index contributed by atoms with van der Waals surface area (Å²) in [5.41, 5.74) is 0. The van der Waals surface area contributed by atoms with E-state index in [2.05, 4.69) is 31.4 Å². The molecule has 4 heteroatoms. The normalized spacial score (nSPS) is 14.7. The second-order valence-electron chi connectivity index (χ2n) is 4.55. The maximum Gasteiger partial charge on any atom is 0.223 e. The lowest BCUT2D eigenvalue weighted by molar-refractivity contribution is -0.127.